The monoisotopic (exact) mass is 342 g/mol. The first-order valence-electron chi connectivity index (χ1n) is 7.62. The summed E-state index contributed by atoms with van der Waals surface area (Å²) in [6, 6.07) is 11.3. The van der Waals surface area contributed by atoms with Crippen LogP contribution in [0, 0.1) is 0 Å². The van der Waals surface area contributed by atoms with Gasteiger partial charge in [0.05, 0.1) is 23.9 Å². The summed E-state index contributed by atoms with van der Waals surface area (Å²) in [6.45, 7) is 2.51. The highest BCUT2D eigenvalue weighted by Gasteiger charge is 2.15. The lowest BCUT2D eigenvalue weighted by Gasteiger charge is -2.15. The number of halogens is 1. The quantitative estimate of drug-likeness (QED) is 0.785. The van der Waals surface area contributed by atoms with E-state index in [4.69, 9.17) is 16.3 Å². The number of ether oxygens (including phenoxy) is 1. The highest BCUT2D eigenvalue weighted by molar-refractivity contribution is 6.33. The number of nitrogens with one attached hydrogen (secondary N) is 1. The van der Waals surface area contributed by atoms with Crippen molar-refractivity contribution >= 4 is 17.4 Å². The van der Waals surface area contributed by atoms with E-state index in [0.29, 0.717) is 30.6 Å². The lowest BCUT2D eigenvalue weighted by atomic mass is 10.1. The fraction of sp³-hybridized carbons (Fsp3) is 0.250. The highest BCUT2D eigenvalue weighted by Crippen LogP contribution is 2.25. The molecule has 24 heavy (non-hydrogen) atoms. The van der Waals surface area contributed by atoms with E-state index in [1.807, 2.05) is 36.4 Å². The molecule has 4 rings (SSSR count). The average molecular weight is 343 g/mol. The van der Waals surface area contributed by atoms with Gasteiger partial charge in [0.2, 0.25) is 0 Å². The van der Waals surface area contributed by atoms with Crippen LogP contribution in [0.5, 0.6) is 0 Å². The third kappa shape index (κ3) is 2.95. The van der Waals surface area contributed by atoms with E-state index in [9.17, 15) is 0 Å². The molecule has 1 aromatic carbocycles. The molecule has 0 bridgehead atoms. The first kappa shape index (κ1) is 15.0. The van der Waals surface area contributed by atoms with Gasteiger partial charge in [0.1, 0.15) is 12.4 Å². The number of nitrogens with zero attached hydrogens (tertiary/aromatic N) is 5. The molecule has 0 radical (unpaired) electrons. The Labute approximate surface area is 143 Å². The number of anilines is 1. The first-order chi connectivity index (χ1) is 11.8. The fourth-order valence-corrected chi connectivity index (χ4v) is 2.83. The molecule has 7 nitrogen and oxygen atoms in total. The van der Waals surface area contributed by atoms with Gasteiger partial charge >= 0.3 is 0 Å². The van der Waals surface area contributed by atoms with E-state index in [-0.39, 0.29) is 0 Å². The van der Waals surface area contributed by atoms with Gasteiger partial charge in [-0.15, -0.1) is 20.4 Å². The summed E-state index contributed by atoms with van der Waals surface area (Å²) in [7, 11) is 0. The topological polar surface area (TPSA) is 77.8 Å². The van der Waals surface area contributed by atoms with Crippen LogP contribution in [-0.4, -0.2) is 31.6 Å². The maximum absolute atomic E-state index is 6.18. The van der Waals surface area contributed by atoms with Crippen LogP contribution < -0.4 is 5.32 Å². The van der Waals surface area contributed by atoms with Gasteiger partial charge in [-0.3, -0.25) is 0 Å². The number of hydrogen-bond acceptors (Lipinski definition) is 6. The van der Waals surface area contributed by atoms with Crippen LogP contribution in [0.25, 0.3) is 11.3 Å². The van der Waals surface area contributed by atoms with Crippen molar-refractivity contribution in [1.29, 1.82) is 0 Å². The molecular weight excluding hydrogens is 328 g/mol. The smallest absolute Gasteiger partial charge is 0.159 e. The van der Waals surface area contributed by atoms with Crippen molar-refractivity contribution in [2.75, 3.05) is 11.9 Å². The Morgan fingerprint density at radius 2 is 2.00 bits per heavy atom. The van der Waals surface area contributed by atoms with E-state index in [1.165, 1.54) is 0 Å². The molecule has 3 aromatic rings. The minimum atomic E-state index is 0.513. The zero-order valence-corrected chi connectivity index (χ0v) is 13.6. The molecule has 2 aromatic heterocycles. The summed E-state index contributed by atoms with van der Waals surface area (Å²) >= 11 is 6.18. The van der Waals surface area contributed by atoms with E-state index in [2.05, 4.69) is 30.3 Å². The van der Waals surface area contributed by atoms with E-state index in [1.54, 1.807) is 0 Å². The van der Waals surface area contributed by atoms with Crippen molar-refractivity contribution in [1.82, 2.24) is 25.0 Å². The SMILES string of the molecule is Clc1ccccc1-c1ccc(NCc2nnc3n2CCOC3)nn1. The van der Waals surface area contributed by atoms with Crippen molar-refractivity contribution in [2.45, 2.75) is 19.7 Å². The third-order valence-corrected chi connectivity index (χ3v) is 4.17. The van der Waals surface area contributed by atoms with Crippen molar-refractivity contribution in [3.63, 3.8) is 0 Å². The molecule has 1 aliphatic rings. The summed E-state index contributed by atoms with van der Waals surface area (Å²) in [4.78, 5) is 0. The van der Waals surface area contributed by atoms with Gasteiger partial charge in [-0.05, 0) is 18.2 Å². The Morgan fingerprint density at radius 1 is 1.08 bits per heavy atom. The Hall–Kier alpha value is -2.51. The molecular formula is C16H15ClN6O. The predicted octanol–water partition coefficient (Wildman–Crippen LogP) is 2.53. The Balaban J connectivity index is 1.46. The lowest BCUT2D eigenvalue weighted by Crippen LogP contribution is -2.20. The fourth-order valence-electron chi connectivity index (χ4n) is 2.60. The van der Waals surface area contributed by atoms with Crippen LogP contribution in [0.3, 0.4) is 0 Å². The zero-order valence-electron chi connectivity index (χ0n) is 12.8. The van der Waals surface area contributed by atoms with Gasteiger partial charge in [-0.25, -0.2) is 0 Å². The number of rotatable bonds is 4. The van der Waals surface area contributed by atoms with Crippen LogP contribution in [-0.2, 0) is 24.4 Å². The molecule has 0 saturated heterocycles. The Kier molecular flexibility index (Phi) is 4.10. The maximum atomic E-state index is 6.18. The van der Waals surface area contributed by atoms with Gasteiger partial charge in [0.15, 0.2) is 11.6 Å². The van der Waals surface area contributed by atoms with Gasteiger partial charge in [-0.1, -0.05) is 29.8 Å². The molecule has 0 atom stereocenters. The molecule has 1 N–H and O–H groups in total. The van der Waals surface area contributed by atoms with Crippen LogP contribution in [0.1, 0.15) is 11.6 Å². The van der Waals surface area contributed by atoms with Crippen molar-refractivity contribution in [2.24, 2.45) is 0 Å². The molecule has 1 aliphatic heterocycles. The second-order valence-electron chi connectivity index (χ2n) is 5.37. The van der Waals surface area contributed by atoms with Crippen LogP contribution in [0.4, 0.5) is 5.82 Å². The van der Waals surface area contributed by atoms with E-state index in [0.717, 1.165) is 29.5 Å². The van der Waals surface area contributed by atoms with Gasteiger partial charge in [0.25, 0.3) is 0 Å². The molecule has 0 amide bonds. The van der Waals surface area contributed by atoms with Gasteiger partial charge in [-0.2, -0.15) is 0 Å². The first-order valence-corrected chi connectivity index (χ1v) is 8.00. The lowest BCUT2D eigenvalue weighted by molar-refractivity contribution is 0.0807. The minimum absolute atomic E-state index is 0.513. The van der Waals surface area contributed by atoms with Crippen molar-refractivity contribution < 1.29 is 4.74 Å². The molecule has 0 aliphatic carbocycles. The summed E-state index contributed by atoms with van der Waals surface area (Å²) < 4.78 is 7.43. The second-order valence-corrected chi connectivity index (χ2v) is 5.78. The van der Waals surface area contributed by atoms with Crippen LogP contribution in [0.2, 0.25) is 5.02 Å². The van der Waals surface area contributed by atoms with Crippen molar-refractivity contribution in [3.8, 4) is 11.3 Å². The zero-order chi connectivity index (χ0) is 16.4. The summed E-state index contributed by atoms with van der Waals surface area (Å²) in [5, 5.41) is 20.6. The summed E-state index contributed by atoms with van der Waals surface area (Å²) in [5.41, 5.74) is 1.60. The number of benzene rings is 1. The Bertz CT molecular complexity index is 848. The molecule has 0 fully saturated rings. The third-order valence-electron chi connectivity index (χ3n) is 3.84. The van der Waals surface area contributed by atoms with Gasteiger partial charge in [0, 0.05) is 12.1 Å². The van der Waals surface area contributed by atoms with Gasteiger partial charge < -0.3 is 14.6 Å². The number of fused-ring (bicyclic) bond motifs is 1. The summed E-state index contributed by atoms with van der Waals surface area (Å²) in [6.07, 6.45) is 0. The molecule has 0 spiro atoms. The predicted molar refractivity (Wildman–Crippen MR) is 89.5 cm³/mol. The second kappa shape index (κ2) is 6.54. The summed E-state index contributed by atoms with van der Waals surface area (Å²) in [5.74, 6) is 2.40. The maximum Gasteiger partial charge on any atom is 0.159 e. The van der Waals surface area contributed by atoms with Crippen LogP contribution in [0.15, 0.2) is 36.4 Å². The normalized spacial score (nSPS) is 13.5. The number of hydrogen-bond donors (Lipinski definition) is 1. The molecule has 0 saturated carbocycles. The van der Waals surface area contributed by atoms with Crippen molar-refractivity contribution in [3.05, 3.63) is 53.1 Å². The minimum Gasteiger partial charge on any atom is -0.372 e. The molecule has 122 valence electrons. The highest BCUT2D eigenvalue weighted by atomic mass is 35.5. The molecule has 3 heterocycles. The van der Waals surface area contributed by atoms with Crippen LogP contribution >= 0.6 is 11.6 Å². The largest absolute Gasteiger partial charge is 0.372 e. The van der Waals surface area contributed by atoms with E-state index >= 15 is 0 Å². The molecule has 0 unspecified atom stereocenters. The molecule has 8 heteroatoms. The Morgan fingerprint density at radius 3 is 2.83 bits per heavy atom. The van der Waals surface area contributed by atoms with E-state index < -0.39 is 0 Å². The average Bonchev–Trinajstić information content (AvgIpc) is 3.04. The standard InChI is InChI=1S/C16H15ClN6O/c17-12-4-2-1-3-11(12)13-5-6-14(20-19-13)18-9-15-21-22-16-10-24-8-7-23(15)16/h1-6H,7-10H2,(H,18,20). The number of aromatic nitrogens is 5.